The van der Waals surface area contributed by atoms with Gasteiger partial charge in [-0.3, -0.25) is 4.55 Å². The van der Waals surface area contributed by atoms with Gasteiger partial charge >= 0.3 is 123 Å². The lowest BCUT2D eigenvalue weighted by atomic mass is 9.82. The summed E-state index contributed by atoms with van der Waals surface area (Å²) >= 11 is 0. The van der Waals surface area contributed by atoms with Gasteiger partial charge < -0.3 is 23.7 Å². The van der Waals surface area contributed by atoms with Crippen LogP contribution in [0.4, 0.5) is 171 Å². The largest absolute Gasteiger partial charge is 0.460 e. The maximum absolute atomic E-state index is 14.2. The van der Waals surface area contributed by atoms with E-state index in [1.165, 1.54) is 0 Å². The Morgan fingerprint density at radius 2 is 0.380 bits per heavy atom. The Balaban J connectivity index is 6.67. The molecular weight excluding hydrogens is 1280 g/mol. The number of ether oxygens (including phenoxy) is 5. The first-order chi connectivity index (χ1) is 34.2. The summed E-state index contributed by atoms with van der Waals surface area (Å²) in [5.74, 6) is -178. The van der Waals surface area contributed by atoms with Gasteiger partial charge in [-0.05, 0) is 0 Å². The number of halogens is 39. The number of alkyl halides is 39. The number of hydrogen-bond acceptors (Lipinski definition) is 8. The van der Waals surface area contributed by atoms with Crippen LogP contribution >= 0.6 is 0 Å². The van der Waals surface area contributed by atoms with Gasteiger partial charge in [-0.1, -0.05) is 0 Å². The highest BCUT2D eigenvalue weighted by molar-refractivity contribution is 7.80. The van der Waals surface area contributed by atoms with E-state index in [-0.39, 0.29) is 33.0 Å². The molecule has 0 aliphatic rings. The molecule has 0 fully saturated rings. The predicted octanol–water partition coefficient (Wildman–Crippen LogP) is 11.9. The van der Waals surface area contributed by atoms with Crippen molar-refractivity contribution in [3.63, 3.8) is 0 Å². The third-order valence-corrected chi connectivity index (χ3v) is 9.82. The predicted molar refractivity (Wildman–Crippen MR) is 167 cm³/mol. The summed E-state index contributed by atoms with van der Waals surface area (Å²) in [6.07, 6.45) is -8.52. The van der Waals surface area contributed by atoms with Crippen molar-refractivity contribution in [2.24, 2.45) is 0 Å². The molecule has 0 unspecified atom stereocenters. The van der Waals surface area contributed by atoms with Crippen LogP contribution in [0.3, 0.4) is 0 Å². The molecule has 0 spiro atoms. The van der Waals surface area contributed by atoms with Gasteiger partial charge in [-0.15, -0.1) is 0 Å². The summed E-state index contributed by atoms with van der Waals surface area (Å²) < 4.78 is 595. The van der Waals surface area contributed by atoms with E-state index in [0.29, 0.717) is 0 Å². The van der Waals surface area contributed by atoms with E-state index in [1.807, 2.05) is 0 Å². The minimum atomic E-state index is -10.6. The fourth-order valence-corrected chi connectivity index (χ4v) is 5.01. The van der Waals surface area contributed by atoms with Crippen LogP contribution in [0.15, 0.2) is 0 Å². The standard InChI is InChI=1S/C30H23F39O9S/c31-12(32,11-77-8-7-75-4-3-73-1-2-74-5-6-76-9-10-78-79(70,71)72)13(33,34)14(35,36)15(37,38)16(39,40)17(41,42)18(43,44)19(45,46)20(47,48)21(49,50)22(51,52)23(53,54)24(55,56)25(57,58)26(59,60)27(61,62)28(63,64)29(65,66)30(67,68)69/h1-11H2,(H,70,71,72). The molecule has 0 amide bonds. The minimum absolute atomic E-state index is 0.193. The SMILES string of the molecule is O=S(=O)(O)OCCOCCOCCOCCOCCOCC(F)(F)C(F)(F)C(F)(F)C(F)(F)C(F)(F)C(F)(F)C(F)(F)C(F)(F)C(F)(F)C(F)(F)C(F)(F)C(F)(F)C(F)(F)C(F)(F)C(F)(F)C(F)(F)C(F)(F)C(F)(F)C(F)(F)F. The summed E-state index contributed by atoms with van der Waals surface area (Å²) in [4.78, 5) is 0. The van der Waals surface area contributed by atoms with E-state index in [0.717, 1.165) is 0 Å². The van der Waals surface area contributed by atoms with Crippen LogP contribution in [0.2, 0.25) is 0 Å². The summed E-state index contributed by atoms with van der Waals surface area (Å²) in [7, 11) is -4.76. The average Bonchev–Trinajstić information content (AvgIpc) is 3.25. The molecule has 0 radical (unpaired) electrons. The second-order valence-corrected chi connectivity index (χ2v) is 15.8. The van der Waals surface area contributed by atoms with E-state index in [4.69, 9.17) is 18.8 Å². The Morgan fingerprint density at radius 1 is 0.228 bits per heavy atom. The molecular formula is C30H23F39O9S. The fraction of sp³-hybridized carbons (Fsp3) is 1.00. The second kappa shape index (κ2) is 22.8. The lowest BCUT2D eigenvalue weighted by Gasteiger charge is -2.47. The smallest absolute Gasteiger partial charge is 0.377 e. The van der Waals surface area contributed by atoms with Crippen LogP contribution in [-0.4, -0.2) is 198 Å². The molecule has 0 aromatic heterocycles. The molecule has 0 bridgehead atoms. The molecule has 9 nitrogen and oxygen atoms in total. The van der Waals surface area contributed by atoms with Gasteiger partial charge in [0, 0.05) is 0 Å². The Kier molecular flexibility index (Phi) is 22.0. The highest BCUT2D eigenvalue weighted by atomic mass is 32.3. The Bertz CT molecular complexity index is 2110. The first-order valence-electron chi connectivity index (χ1n) is 18.6. The zero-order chi connectivity index (χ0) is 64.0. The summed E-state index contributed by atoms with van der Waals surface area (Å²) in [6.45, 7) is -9.62. The molecule has 79 heavy (non-hydrogen) atoms. The highest BCUT2D eigenvalue weighted by Gasteiger charge is 3.03. The van der Waals surface area contributed by atoms with E-state index in [1.54, 1.807) is 0 Å². The Morgan fingerprint density at radius 3 is 0.557 bits per heavy atom. The molecule has 0 aliphatic heterocycles. The quantitative estimate of drug-likeness (QED) is 0.0377. The molecule has 476 valence electrons. The molecule has 49 heteroatoms. The topological polar surface area (TPSA) is 110 Å². The van der Waals surface area contributed by atoms with Gasteiger partial charge in [0.25, 0.3) is 0 Å². The molecule has 0 aliphatic carbocycles. The van der Waals surface area contributed by atoms with Crippen LogP contribution in [0.25, 0.3) is 0 Å². The van der Waals surface area contributed by atoms with Gasteiger partial charge in [-0.2, -0.15) is 180 Å². The third-order valence-electron chi connectivity index (χ3n) is 9.36. The highest BCUT2D eigenvalue weighted by Crippen LogP contribution is 2.71. The lowest BCUT2D eigenvalue weighted by molar-refractivity contribution is -0.495. The maximum Gasteiger partial charge on any atom is 0.460 e. The molecule has 0 heterocycles. The average molecular weight is 1300 g/mol. The molecule has 0 aromatic carbocycles. The van der Waals surface area contributed by atoms with Crippen molar-refractivity contribution in [3.8, 4) is 0 Å². The summed E-state index contributed by atoms with van der Waals surface area (Å²) in [5.41, 5.74) is 0. The zero-order valence-corrected chi connectivity index (χ0v) is 37.0. The molecule has 1 N–H and O–H groups in total. The van der Waals surface area contributed by atoms with Crippen molar-refractivity contribution >= 4 is 10.4 Å². The third kappa shape index (κ3) is 12.2. The van der Waals surface area contributed by atoms with Crippen LogP contribution < -0.4 is 0 Å². The van der Waals surface area contributed by atoms with Crippen molar-refractivity contribution in [1.82, 2.24) is 0 Å². The van der Waals surface area contributed by atoms with E-state index >= 15 is 0 Å². The van der Waals surface area contributed by atoms with Crippen molar-refractivity contribution in [3.05, 3.63) is 0 Å². The van der Waals surface area contributed by atoms with Crippen LogP contribution in [0.1, 0.15) is 0 Å². The van der Waals surface area contributed by atoms with Crippen molar-refractivity contribution in [2.75, 3.05) is 72.7 Å². The van der Waals surface area contributed by atoms with Gasteiger partial charge in [0.15, 0.2) is 0 Å². The molecule has 0 atom stereocenters. The first kappa shape index (κ1) is 75.9. The van der Waals surface area contributed by atoms with E-state index in [2.05, 4.69) is 13.7 Å². The van der Waals surface area contributed by atoms with Crippen molar-refractivity contribution in [1.29, 1.82) is 0 Å². The van der Waals surface area contributed by atoms with Crippen LogP contribution in [0.5, 0.6) is 0 Å². The monoisotopic (exact) mass is 1300 g/mol. The normalized spacial score (nSPS) is 16.3. The van der Waals surface area contributed by atoms with Crippen LogP contribution in [0, 0.1) is 0 Å². The van der Waals surface area contributed by atoms with Gasteiger partial charge in [0.1, 0.15) is 6.61 Å². The van der Waals surface area contributed by atoms with Crippen molar-refractivity contribution < 1.29 is 212 Å². The second-order valence-electron chi connectivity index (χ2n) is 14.7. The Labute approximate surface area is 408 Å². The van der Waals surface area contributed by atoms with Crippen LogP contribution in [-0.2, 0) is 38.3 Å². The number of rotatable bonds is 35. The van der Waals surface area contributed by atoms with Gasteiger partial charge in [0.2, 0.25) is 0 Å². The van der Waals surface area contributed by atoms with E-state index in [9.17, 15) is 180 Å². The van der Waals surface area contributed by atoms with Gasteiger partial charge in [-0.25, -0.2) is 4.18 Å². The zero-order valence-electron chi connectivity index (χ0n) is 36.1. The maximum atomic E-state index is 14.2. The van der Waals surface area contributed by atoms with Crippen molar-refractivity contribution in [2.45, 2.75) is 113 Å². The Hall–Kier alpha value is -3.06. The summed E-state index contributed by atoms with van der Waals surface area (Å²) in [5, 5.41) is 0. The first-order valence-corrected chi connectivity index (χ1v) is 19.9. The van der Waals surface area contributed by atoms with E-state index < -0.39 is 163 Å². The molecule has 0 saturated heterocycles. The molecule has 0 saturated carbocycles. The van der Waals surface area contributed by atoms with Gasteiger partial charge in [0.05, 0.1) is 66.1 Å². The minimum Gasteiger partial charge on any atom is -0.377 e. The number of hydrogen-bond donors (Lipinski definition) is 1. The lowest BCUT2D eigenvalue weighted by Crippen LogP contribution is -2.80. The fourth-order valence-electron chi connectivity index (χ4n) is 4.73. The summed E-state index contributed by atoms with van der Waals surface area (Å²) in [6, 6.07) is 0. The molecule has 0 rings (SSSR count). The molecule has 0 aromatic rings.